The lowest BCUT2D eigenvalue weighted by Gasteiger charge is -2.32. The van der Waals surface area contributed by atoms with Crippen LogP contribution in [0.2, 0.25) is 5.02 Å². The van der Waals surface area contributed by atoms with Gasteiger partial charge >= 0.3 is 0 Å². The molecule has 1 aliphatic carbocycles. The molecule has 0 aromatic carbocycles. The molecular weight excluding hydrogens is 284 g/mol. The first-order valence-corrected chi connectivity index (χ1v) is 8.72. The van der Waals surface area contributed by atoms with Gasteiger partial charge in [-0.05, 0) is 65.1 Å². The fourth-order valence-corrected chi connectivity index (χ4v) is 3.40. The smallest absolute Gasteiger partial charge is 0.0860 e. The second-order valence-electron chi connectivity index (χ2n) is 6.56. The summed E-state index contributed by atoms with van der Waals surface area (Å²) in [4.78, 5) is 2.53. The van der Waals surface area contributed by atoms with Gasteiger partial charge in [-0.25, -0.2) is 0 Å². The molecule has 1 N–H and O–H groups in total. The van der Waals surface area contributed by atoms with E-state index in [4.69, 9.17) is 11.6 Å². The number of aromatic nitrogens is 2. The Bertz CT molecular complexity index is 473. The van der Waals surface area contributed by atoms with Crippen molar-refractivity contribution in [3.63, 3.8) is 0 Å². The first kappa shape index (κ1) is 15.3. The van der Waals surface area contributed by atoms with E-state index in [0.29, 0.717) is 0 Å². The predicted molar refractivity (Wildman–Crippen MR) is 86.7 cm³/mol. The summed E-state index contributed by atoms with van der Waals surface area (Å²) < 4.78 is 2.05. The van der Waals surface area contributed by atoms with E-state index in [9.17, 15) is 0 Å². The van der Waals surface area contributed by atoms with Crippen molar-refractivity contribution < 1.29 is 0 Å². The van der Waals surface area contributed by atoms with E-state index in [1.165, 1.54) is 51.0 Å². The standard InChI is InChI=1S/C16H27ClN4/c1-3-21-15(16(17)12(2)19-21)11-20-8-6-13(7-9-20)10-18-14-4-5-14/h13-14,18H,3-11H2,1-2H3. The lowest BCUT2D eigenvalue weighted by molar-refractivity contribution is 0.171. The van der Waals surface area contributed by atoms with Gasteiger partial charge in [0.2, 0.25) is 0 Å². The van der Waals surface area contributed by atoms with Crippen LogP contribution in [-0.2, 0) is 13.1 Å². The molecule has 5 heteroatoms. The van der Waals surface area contributed by atoms with Gasteiger partial charge in [0.25, 0.3) is 0 Å². The lowest BCUT2D eigenvalue weighted by atomic mass is 9.96. The lowest BCUT2D eigenvalue weighted by Crippen LogP contribution is -2.37. The van der Waals surface area contributed by atoms with Crippen molar-refractivity contribution in [2.45, 2.75) is 58.7 Å². The number of likely N-dealkylation sites (tertiary alicyclic amines) is 1. The van der Waals surface area contributed by atoms with Crippen molar-refractivity contribution in [2.75, 3.05) is 19.6 Å². The highest BCUT2D eigenvalue weighted by molar-refractivity contribution is 6.31. The highest BCUT2D eigenvalue weighted by atomic mass is 35.5. The number of halogens is 1. The second kappa shape index (κ2) is 6.67. The molecule has 1 aromatic heterocycles. The van der Waals surface area contributed by atoms with Gasteiger partial charge in [0.05, 0.1) is 16.4 Å². The third kappa shape index (κ3) is 3.79. The van der Waals surface area contributed by atoms with Gasteiger partial charge in [-0.15, -0.1) is 0 Å². The molecule has 0 radical (unpaired) electrons. The maximum atomic E-state index is 6.41. The van der Waals surface area contributed by atoms with Crippen LogP contribution in [0.4, 0.5) is 0 Å². The number of piperidine rings is 1. The van der Waals surface area contributed by atoms with Crippen LogP contribution in [-0.4, -0.2) is 40.4 Å². The van der Waals surface area contributed by atoms with E-state index in [1.54, 1.807) is 0 Å². The number of rotatable bonds is 6. The Kier molecular flexibility index (Phi) is 4.87. The fraction of sp³-hybridized carbons (Fsp3) is 0.812. The van der Waals surface area contributed by atoms with Gasteiger partial charge in [0, 0.05) is 19.1 Å². The van der Waals surface area contributed by atoms with Crippen LogP contribution in [0.1, 0.15) is 44.0 Å². The highest BCUT2D eigenvalue weighted by Gasteiger charge is 2.25. The Balaban J connectivity index is 1.50. The van der Waals surface area contributed by atoms with Crippen LogP contribution in [0.25, 0.3) is 0 Å². The Morgan fingerprint density at radius 3 is 2.57 bits per heavy atom. The molecule has 0 spiro atoms. The summed E-state index contributed by atoms with van der Waals surface area (Å²) in [6.07, 6.45) is 5.38. The predicted octanol–water partition coefficient (Wildman–Crippen LogP) is 2.83. The Morgan fingerprint density at radius 1 is 1.24 bits per heavy atom. The van der Waals surface area contributed by atoms with Gasteiger partial charge in [-0.3, -0.25) is 9.58 Å². The summed E-state index contributed by atoms with van der Waals surface area (Å²) in [5.74, 6) is 0.857. The van der Waals surface area contributed by atoms with E-state index < -0.39 is 0 Å². The van der Waals surface area contributed by atoms with Crippen LogP contribution < -0.4 is 5.32 Å². The zero-order valence-corrected chi connectivity index (χ0v) is 14.0. The molecule has 1 saturated heterocycles. The van der Waals surface area contributed by atoms with Crippen molar-refractivity contribution >= 4 is 11.6 Å². The average molecular weight is 311 g/mol. The van der Waals surface area contributed by atoms with Gasteiger partial charge in [-0.2, -0.15) is 5.10 Å². The summed E-state index contributed by atoms with van der Waals surface area (Å²) in [5, 5.41) is 9.04. The largest absolute Gasteiger partial charge is 0.314 e. The van der Waals surface area contributed by atoms with Crippen molar-refractivity contribution in [3.05, 3.63) is 16.4 Å². The molecule has 1 aliphatic heterocycles. The third-order valence-corrected chi connectivity index (χ3v) is 5.30. The monoisotopic (exact) mass is 310 g/mol. The Morgan fingerprint density at radius 2 is 1.95 bits per heavy atom. The second-order valence-corrected chi connectivity index (χ2v) is 6.94. The summed E-state index contributed by atoms with van der Waals surface area (Å²) in [6, 6.07) is 0.837. The quantitative estimate of drug-likeness (QED) is 0.877. The maximum Gasteiger partial charge on any atom is 0.0860 e. The SMILES string of the molecule is CCn1nc(C)c(Cl)c1CN1CCC(CNC2CC2)CC1. The number of hydrogen-bond acceptors (Lipinski definition) is 3. The fourth-order valence-electron chi connectivity index (χ4n) is 3.20. The normalized spacial score (nSPS) is 21.1. The Labute approximate surface area is 132 Å². The summed E-state index contributed by atoms with van der Waals surface area (Å²) in [7, 11) is 0. The van der Waals surface area contributed by atoms with E-state index in [1.807, 2.05) is 6.92 Å². The van der Waals surface area contributed by atoms with E-state index >= 15 is 0 Å². The molecule has 2 fully saturated rings. The van der Waals surface area contributed by atoms with Crippen LogP contribution in [0, 0.1) is 12.8 Å². The van der Waals surface area contributed by atoms with Gasteiger partial charge in [0.15, 0.2) is 0 Å². The molecule has 3 rings (SSSR count). The van der Waals surface area contributed by atoms with E-state index in [2.05, 4.69) is 26.9 Å². The minimum Gasteiger partial charge on any atom is -0.314 e. The topological polar surface area (TPSA) is 33.1 Å². The molecule has 2 aliphatic rings. The first-order chi connectivity index (χ1) is 10.2. The average Bonchev–Trinajstić information content (AvgIpc) is 3.29. The molecule has 0 atom stereocenters. The highest BCUT2D eigenvalue weighted by Crippen LogP contribution is 2.25. The molecule has 0 bridgehead atoms. The van der Waals surface area contributed by atoms with Gasteiger partial charge in [0.1, 0.15) is 0 Å². The van der Waals surface area contributed by atoms with Gasteiger partial charge in [-0.1, -0.05) is 11.6 Å². The van der Waals surface area contributed by atoms with Crippen molar-refractivity contribution in [2.24, 2.45) is 5.92 Å². The molecule has 0 unspecified atom stereocenters. The number of hydrogen-bond donors (Lipinski definition) is 1. The molecular formula is C16H27ClN4. The Hall–Kier alpha value is -0.580. The zero-order chi connectivity index (χ0) is 14.8. The van der Waals surface area contributed by atoms with Crippen molar-refractivity contribution in [1.29, 1.82) is 0 Å². The van der Waals surface area contributed by atoms with Crippen LogP contribution in [0.15, 0.2) is 0 Å². The number of aryl methyl sites for hydroxylation is 2. The van der Waals surface area contributed by atoms with Crippen molar-refractivity contribution in [1.82, 2.24) is 20.0 Å². The maximum absolute atomic E-state index is 6.41. The molecule has 4 nitrogen and oxygen atoms in total. The molecule has 1 aromatic rings. The summed E-state index contributed by atoms with van der Waals surface area (Å²) in [5.41, 5.74) is 2.14. The molecule has 118 valence electrons. The minimum absolute atomic E-state index is 0.837. The first-order valence-electron chi connectivity index (χ1n) is 8.35. The number of nitrogens with one attached hydrogen (secondary N) is 1. The molecule has 2 heterocycles. The summed E-state index contributed by atoms with van der Waals surface area (Å²) >= 11 is 6.41. The van der Waals surface area contributed by atoms with Crippen LogP contribution in [0.5, 0.6) is 0 Å². The number of nitrogens with zero attached hydrogens (tertiary/aromatic N) is 3. The third-order valence-electron chi connectivity index (χ3n) is 4.81. The van der Waals surface area contributed by atoms with Gasteiger partial charge < -0.3 is 5.32 Å². The zero-order valence-electron chi connectivity index (χ0n) is 13.2. The van der Waals surface area contributed by atoms with E-state index in [0.717, 1.165) is 35.8 Å². The summed E-state index contributed by atoms with van der Waals surface area (Å²) in [6.45, 7) is 9.53. The molecule has 0 amide bonds. The van der Waals surface area contributed by atoms with E-state index in [-0.39, 0.29) is 0 Å². The van der Waals surface area contributed by atoms with Crippen LogP contribution >= 0.6 is 11.6 Å². The molecule has 1 saturated carbocycles. The van der Waals surface area contributed by atoms with Crippen LogP contribution in [0.3, 0.4) is 0 Å². The molecule has 21 heavy (non-hydrogen) atoms. The van der Waals surface area contributed by atoms with Crippen molar-refractivity contribution in [3.8, 4) is 0 Å². The minimum atomic E-state index is 0.837.